The molecule has 0 saturated heterocycles. The Bertz CT molecular complexity index is 446. The zero-order valence-corrected chi connectivity index (χ0v) is 11.7. The first kappa shape index (κ1) is 15.5. The average Bonchev–Trinajstić information content (AvgIpc) is 2.37. The minimum Gasteiger partial charge on any atom is -0.477 e. The molecule has 0 aliphatic carbocycles. The van der Waals surface area contributed by atoms with Crippen molar-refractivity contribution in [1.29, 1.82) is 0 Å². The Morgan fingerprint density at radius 2 is 2.16 bits per heavy atom. The highest BCUT2D eigenvalue weighted by molar-refractivity contribution is 6.34. The van der Waals surface area contributed by atoms with Gasteiger partial charge in [-0.3, -0.25) is 0 Å². The first-order chi connectivity index (χ1) is 9.09. The summed E-state index contributed by atoms with van der Waals surface area (Å²) < 4.78 is 0. The summed E-state index contributed by atoms with van der Waals surface area (Å²) in [6, 6.07) is 7.84. The maximum Gasteiger partial charge on any atom is 0.353 e. The molecule has 0 aliphatic rings. The molecule has 0 saturated carbocycles. The van der Waals surface area contributed by atoms with E-state index in [4.69, 9.17) is 21.5 Å². The monoisotopic (exact) mass is 283 g/mol. The van der Waals surface area contributed by atoms with E-state index in [0.717, 1.165) is 30.7 Å². The van der Waals surface area contributed by atoms with Crippen LogP contribution >= 0.6 is 11.6 Å². The smallest absolute Gasteiger partial charge is 0.353 e. The lowest BCUT2D eigenvalue weighted by Gasteiger charge is -2.02. The van der Waals surface area contributed by atoms with Crippen LogP contribution in [0.4, 0.5) is 0 Å². The molecule has 0 heterocycles. The number of aryl methyl sites for hydroxylation is 1. The number of nitrogens with zero attached hydrogens (tertiary/aromatic N) is 1. The second-order valence-corrected chi connectivity index (χ2v) is 4.69. The van der Waals surface area contributed by atoms with E-state index in [1.165, 1.54) is 12.5 Å². The number of halogens is 1. The van der Waals surface area contributed by atoms with Gasteiger partial charge in [-0.2, -0.15) is 0 Å². The molecule has 104 valence electrons. The van der Waals surface area contributed by atoms with Crippen LogP contribution in [0.25, 0.3) is 0 Å². The summed E-state index contributed by atoms with van der Waals surface area (Å²) in [6.07, 6.45) is 3.90. The van der Waals surface area contributed by atoms with Crippen LogP contribution in [0.15, 0.2) is 29.4 Å². The van der Waals surface area contributed by atoms with Crippen LogP contribution in [-0.2, 0) is 16.1 Å². The van der Waals surface area contributed by atoms with Crippen LogP contribution in [0.1, 0.15) is 31.7 Å². The van der Waals surface area contributed by atoms with Crippen molar-refractivity contribution in [2.45, 2.75) is 32.6 Å². The van der Waals surface area contributed by atoms with Gasteiger partial charge in [0.05, 0.1) is 0 Å². The fraction of sp³-hybridized carbons (Fsp3) is 0.429. The molecule has 0 atom stereocenters. The van der Waals surface area contributed by atoms with Gasteiger partial charge in [-0.1, -0.05) is 28.9 Å². The molecule has 1 aromatic rings. The van der Waals surface area contributed by atoms with Crippen molar-refractivity contribution in [2.24, 2.45) is 5.16 Å². The largest absolute Gasteiger partial charge is 0.477 e. The van der Waals surface area contributed by atoms with Crippen LogP contribution in [0.3, 0.4) is 0 Å². The molecule has 0 unspecified atom stereocenters. The fourth-order valence-electron chi connectivity index (χ4n) is 1.55. The number of aliphatic carboxylic acids is 1. The van der Waals surface area contributed by atoms with Gasteiger partial charge in [0.1, 0.15) is 6.61 Å². The Labute approximate surface area is 118 Å². The molecule has 0 bridgehead atoms. The standard InChI is InChI=1S/C14H18ClNO3/c1-11(14(17)18)16-19-9-4-2-3-6-12-7-5-8-13(15)10-12/h5,7-8,10H,2-4,6,9H2,1H3,(H,17,18). The number of rotatable bonds is 8. The molecule has 0 spiro atoms. The van der Waals surface area contributed by atoms with Crippen molar-refractivity contribution in [3.05, 3.63) is 34.9 Å². The molecule has 0 aliphatic heterocycles. The van der Waals surface area contributed by atoms with Crippen molar-refractivity contribution in [3.8, 4) is 0 Å². The SMILES string of the molecule is CC(=NOCCCCCc1cccc(Cl)c1)C(=O)O. The average molecular weight is 284 g/mol. The number of carbonyl (C=O) groups is 1. The predicted octanol–water partition coefficient (Wildman–Crippen LogP) is 3.53. The molecule has 1 rings (SSSR count). The molecule has 0 fully saturated rings. The number of carboxylic acid groups (broad SMARTS) is 1. The lowest BCUT2D eigenvalue weighted by molar-refractivity contribution is -0.129. The van der Waals surface area contributed by atoms with E-state index < -0.39 is 5.97 Å². The highest BCUT2D eigenvalue weighted by Crippen LogP contribution is 2.13. The van der Waals surface area contributed by atoms with Gasteiger partial charge < -0.3 is 9.94 Å². The zero-order valence-electron chi connectivity index (χ0n) is 10.9. The topological polar surface area (TPSA) is 58.9 Å². The minimum atomic E-state index is -1.05. The number of unbranched alkanes of at least 4 members (excludes halogenated alkanes) is 2. The third-order valence-corrected chi connectivity index (χ3v) is 2.84. The van der Waals surface area contributed by atoms with Crippen molar-refractivity contribution in [1.82, 2.24) is 0 Å². The lowest BCUT2D eigenvalue weighted by Crippen LogP contribution is -2.08. The minimum absolute atomic E-state index is 0.0288. The number of hydrogen-bond donors (Lipinski definition) is 1. The van der Waals surface area contributed by atoms with Gasteiger partial charge in [-0.15, -0.1) is 0 Å². The summed E-state index contributed by atoms with van der Waals surface area (Å²) in [7, 11) is 0. The van der Waals surface area contributed by atoms with E-state index in [1.54, 1.807) is 0 Å². The molecule has 19 heavy (non-hydrogen) atoms. The van der Waals surface area contributed by atoms with E-state index in [2.05, 4.69) is 11.2 Å². The normalized spacial score (nSPS) is 11.4. The van der Waals surface area contributed by atoms with Gasteiger partial charge in [0.2, 0.25) is 0 Å². The lowest BCUT2D eigenvalue weighted by atomic mass is 10.1. The summed E-state index contributed by atoms with van der Waals surface area (Å²) in [5.41, 5.74) is 1.20. The Balaban J connectivity index is 2.09. The molecular formula is C14H18ClNO3. The van der Waals surface area contributed by atoms with Crippen LogP contribution < -0.4 is 0 Å². The summed E-state index contributed by atoms with van der Waals surface area (Å²) in [5.74, 6) is -1.05. The van der Waals surface area contributed by atoms with Gasteiger partial charge in [-0.25, -0.2) is 4.79 Å². The summed E-state index contributed by atoms with van der Waals surface area (Å²) in [6.45, 7) is 1.85. The number of carboxylic acids is 1. The molecule has 1 N–H and O–H groups in total. The van der Waals surface area contributed by atoms with Gasteiger partial charge in [0.25, 0.3) is 0 Å². The van der Waals surface area contributed by atoms with E-state index in [0.29, 0.717) is 6.61 Å². The van der Waals surface area contributed by atoms with Gasteiger partial charge >= 0.3 is 5.97 Å². The quantitative estimate of drug-likeness (QED) is 0.451. The number of benzene rings is 1. The third-order valence-electron chi connectivity index (χ3n) is 2.60. The predicted molar refractivity (Wildman–Crippen MR) is 75.7 cm³/mol. The molecule has 0 amide bonds. The molecule has 1 aromatic carbocycles. The van der Waals surface area contributed by atoms with Crippen molar-refractivity contribution < 1.29 is 14.7 Å². The van der Waals surface area contributed by atoms with E-state index in [1.807, 2.05) is 18.2 Å². The van der Waals surface area contributed by atoms with Crippen molar-refractivity contribution >= 4 is 23.3 Å². The first-order valence-corrected chi connectivity index (χ1v) is 6.61. The van der Waals surface area contributed by atoms with E-state index in [-0.39, 0.29) is 5.71 Å². The molecule has 0 radical (unpaired) electrons. The van der Waals surface area contributed by atoms with E-state index >= 15 is 0 Å². The van der Waals surface area contributed by atoms with Crippen molar-refractivity contribution in [2.75, 3.05) is 6.61 Å². The highest BCUT2D eigenvalue weighted by Gasteiger charge is 2.01. The summed E-state index contributed by atoms with van der Waals surface area (Å²) >= 11 is 5.90. The molecular weight excluding hydrogens is 266 g/mol. The van der Waals surface area contributed by atoms with Gasteiger partial charge in [-0.05, 0) is 50.3 Å². The third kappa shape index (κ3) is 6.82. The van der Waals surface area contributed by atoms with Crippen LogP contribution in [0, 0.1) is 0 Å². The van der Waals surface area contributed by atoms with E-state index in [9.17, 15) is 4.79 Å². The Morgan fingerprint density at radius 3 is 2.84 bits per heavy atom. The van der Waals surface area contributed by atoms with Gasteiger partial charge in [0, 0.05) is 5.02 Å². The Hall–Kier alpha value is -1.55. The highest BCUT2D eigenvalue weighted by atomic mass is 35.5. The van der Waals surface area contributed by atoms with Gasteiger partial charge in [0.15, 0.2) is 5.71 Å². The maximum absolute atomic E-state index is 10.4. The molecule has 0 aromatic heterocycles. The number of hydrogen-bond acceptors (Lipinski definition) is 3. The molecule has 5 heteroatoms. The Kier molecular flexibility index (Phi) is 6.97. The second kappa shape index (κ2) is 8.53. The maximum atomic E-state index is 10.4. The fourth-order valence-corrected chi connectivity index (χ4v) is 1.76. The summed E-state index contributed by atoms with van der Waals surface area (Å²) in [5, 5.41) is 12.8. The van der Waals surface area contributed by atoms with Crippen molar-refractivity contribution in [3.63, 3.8) is 0 Å². The summed E-state index contributed by atoms with van der Waals surface area (Å²) in [4.78, 5) is 15.3. The Morgan fingerprint density at radius 1 is 1.37 bits per heavy atom. The van der Waals surface area contributed by atoms with Crippen LogP contribution in [0.2, 0.25) is 5.02 Å². The first-order valence-electron chi connectivity index (χ1n) is 6.24. The number of oxime groups is 1. The van der Waals surface area contributed by atoms with Crippen LogP contribution in [0.5, 0.6) is 0 Å². The zero-order chi connectivity index (χ0) is 14.1. The molecule has 4 nitrogen and oxygen atoms in total. The van der Waals surface area contributed by atoms with Crippen LogP contribution in [-0.4, -0.2) is 23.4 Å². The second-order valence-electron chi connectivity index (χ2n) is 4.26.